The molecule has 13 heteroatoms. The van der Waals surface area contributed by atoms with Crippen LogP contribution in [0.1, 0.15) is 69.6 Å². The van der Waals surface area contributed by atoms with Gasteiger partial charge in [0, 0.05) is 24.7 Å². The lowest BCUT2D eigenvalue weighted by molar-refractivity contribution is -0.165. The number of phenols is 1. The van der Waals surface area contributed by atoms with E-state index in [1.54, 1.807) is 36.4 Å². The number of nitrogens with one attached hydrogen (secondary N) is 1. The third-order valence-electron chi connectivity index (χ3n) is 7.89. The molecule has 1 saturated heterocycles. The summed E-state index contributed by atoms with van der Waals surface area (Å²) in [6, 6.07) is 10.5. The fraction of sp³-hybridized carbons (Fsp3) is 0.429. The number of aromatic hydroxyl groups is 1. The van der Waals surface area contributed by atoms with Crippen molar-refractivity contribution in [2.24, 2.45) is 5.41 Å². The SMILES string of the molecule is C=CC(=O)OCC(C)(C)C(=O)C(=O)N1CCCC[C@H]1C(=O)O[C@H](CCc1ccc(OC)c(O)c1)c1cccc(NC(=O)CCC(=O)O)c1. The Balaban J connectivity index is 1.85. The van der Waals surface area contributed by atoms with E-state index in [2.05, 4.69) is 11.9 Å². The lowest BCUT2D eigenvalue weighted by atomic mass is 9.87. The van der Waals surface area contributed by atoms with Gasteiger partial charge in [-0.2, -0.15) is 0 Å². The maximum absolute atomic E-state index is 13.8. The van der Waals surface area contributed by atoms with Crippen LogP contribution in [0.15, 0.2) is 55.1 Å². The summed E-state index contributed by atoms with van der Waals surface area (Å²) in [7, 11) is 1.43. The average molecular weight is 667 g/mol. The minimum atomic E-state index is -1.36. The van der Waals surface area contributed by atoms with Crippen LogP contribution in [0.25, 0.3) is 0 Å². The fourth-order valence-electron chi connectivity index (χ4n) is 5.18. The maximum atomic E-state index is 13.8. The predicted molar refractivity (Wildman–Crippen MR) is 173 cm³/mol. The molecule has 0 aromatic heterocycles. The Kier molecular flexibility index (Phi) is 13.3. The Morgan fingerprint density at radius 2 is 1.83 bits per heavy atom. The van der Waals surface area contributed by atoms with Crippen molar-refractivity contribution < 1.29 is 53.2 Å². The first kappa shape index (κ1) is 37.3. The number of benzene rings is 2. The molecule has 0 aliphatic carbocycles. The van der Waals surface area contributed by atoms with E-state index < -0.39 is 53.1 Å². The molecule has 0 spiro atoms. The number of carboxylic acid groups (broad SMARTS) is 1. The van der Waals surface area contributed by atoms with Crippen LogP contribution >= 0.6 is 0 Å². The topological polar surface area (TPSA) is 186 Å². The number of anilines is 1. The molecular formula is C35H42N2O11. The number of aryl methyl sites for hydroxylation is 1. The highest BCUT2D eigenvalue weighted by molar-refractivity contribution is 6.38. The molecule has 2 aromatic rings. The quantitative estimate of drug-likeness (QED) is 0.133. The van der Waals surface area contributed by atoms with Gasteiger partial charge in [0.25, 0.3) is 5.91 Å². The second-order valence-corrected chi connectivity index (χ2v) is 12.1. The molecule has 1 fully saturated rings. The van der Waals surface area contributed by atoms with E-state index in [-0.39, 0.29) is 44.6 Å². The minimum Gasteiger partial charge on any atom is -0.504 e. The van der Waals surface area contributed by atoms with Crippen molar-refractivity contribution in [2.75, 3.05) is 25.6 Å². The third-order valence-corrected chi connectivity index (χ3v) is 7.89. The molecule has 0 bridgehead atoms. The predicted octanol–water partition coefficient (Wildman–Crippen LogP) is 4.13. The maximum Gasteiger partial charge on any atom is 0.330 e. The molecule has 1 heterocycles. The van der Waals surface area contributed by atoms with Crippen LogP contribution < -0.4 is 10.1 Å². The summed E-state index contributed by atoms with van der Waals surface area (Å²) in [6.07, 6.45) is 1.57. The molecule has 0 unspecified atom stereocenters. The van der Waals surface area contributed by atoms with Gasteiger partial charge in [-0.25, -0.2) is 9.59 Å². The average Bonchev–Trinajstić information content (AvgIpc) is 3.07. The van der Waals surface area contributed by atoms with Gasteiger partial charge in [-0.05, 0) is 81.3 Å². The molecule has 3 N–H and O–H groups in total. The van der Waals surface area contributed by atoms with E-state index in [1.807, 2.05) is 0 Å². The number of ether oxygens (including phenoxy) is 3. The number of Topliss-reactive ketones (excluding diaryl/α,β-unsaturated/α-hetero) is 1. The molecule has 2 atom stereocenters. The lowest BCUT2D eigenvalue weighted by Gasteiger charge is -2.36. The number of esters is 2. The van der Waals surface area contributed by atoms with Crippen LogP contribution in [0, 0.1) is 5.41 Å². The molecule has 48 heavy (non-hydrogen) atoms. The number of methoxy groups -OCH3 is 1. The largest absolute Gasteiger partial charge is 0.504 e. The van der Waals surface area contributed by atoms with E-state index in [1.165, 1.54) is 31.9 Å². The van der Waals surface area contributed by atoms with Gasteiger partial charge >= 0.3 is 17.9 Å². The number of nitrogens with zero attached hydrogens (tertiary/aromatic N) is 1. The standard InChI is InChI=1S/C35H42N2O11/c1-5-31(42)47-21-35(2,3)32(43)33(44)37-18-7-6-11-25(37)34(45)48-27(14-12-22-13-15-28(46-4)26(38)19-22)23-9-8-10-24(20-23)36-29(39)16-17-30(40)41/h5,8-10,13,15,19-20,25,27,38H,1,6-7,11-12,14,16-18,21H2,2-4H3,(H,36,39)(H,40,41)/t25-,27+/m0/s1. The van der Waals surface area contributed by atoms with Crippen LogP contribution in [0.3, 0.4) is 0 Å². The molecule has 1 aliphatic heterocycles. The highest BCUT2D eigenvalue weighted by atomic mass is 16.5. The fourth-order valence-corrected chi connectivity index (χ4v) is 5.18. The number of aliphatic carboxylic acids is 1. The van der Waals surface area contributed by atoms with Crippen LogP contribution in [-0.4, -0.2) is 76.9 Å². The zero-order chi connectivity index (χ0) is 35.4. The summed E-state index contributed by atoms with van der Waals surface area (Å²) >= 11 is 0. The number of ketones is 1. The molecule has 2 amide bonds. The summed E-state index contributed by atoms with van der Waals surface area (Å²) in [4.78, 5) is 76.5. The Morgan fingerprint density at radius 1 is 1.08 bits per heavy atom. The Labute approximate surface area is 278 Å². The van der Waals surface area contributed by atoms with E-state index in [4.69, 9.17) is 19.3 Å². The summed E-state index contributed by atoms with van der Waals surface area (Å²) < 4.78 is 16.2. The number of hydrogen-bond acceptors (Lipinski definition) is 10. The van der Waals surface area contributed by atoms with Gasteiger partial charge in [-0.15, -0.1) is 0 Å². The first-order valence-corrected chi connectivity index (χ1v) is 15.6. The molecule has 0 saturated carbocycles. The summed E-state index contributed by atoms with van der Waals surface area (Å²) in [6.45, 7) is 6.07. The van der Waals surface area contributed by atoms with Crippen LogP contribution in [0.5, 0.6) is 11.5 Å². The normalized spacial score (nSPS) is 15.1. The zero-order valence-electron chi connectivity index (χ0n) is 27.4. The number of rotatable bonds is 16. The van der Waals surface area contributed by atoms with Gasteiger partial charge in [0.2, 0.25) is 11.7 Å². The van der Waals surface area contributed by atoms with Gasteiger partial charge in [0.15, 0.2) is 11.5 Å². The Morgan fingerprint density at radius 3 is 2.50 bits per heavy atom. The van der Waals surface area contributed by atoms with Crippen LogP contribution in [0.2, 0.25) is 0 Å². The van der Waals surface area contributed by atoms with Crippen LogP contribution in [-0.2, 0) is 44.7 Å². The minimum absolute atomic E-state index is 0.0576. The number of carbonyl (C=O) groups excluding carboxylic acids is 5. The van der Waals surface area contributed by atoms with Crippen molar-refractivity contribution in [3.63, 3.8) is 0 Å². The molecular weight excluding hydrogens is 624 g/mol. The van der Waals surface area contributed by atoms with Gasteiger partial charge < -0.3 is 34.6 Å². The van der Waals surface area contributed by atoms with Crippen molar-refractivity contribution in [2.45, 2.75) is 70.9 Å². The van der Waals surface area contributed by atoms with Crippen LogP contribution in [0.4, 0.5) is 5.69 Å². The number of carboxylic acids is 1. The third kappa shape index (κ3) is 10.4. The van der Waals surface area contributed by atoms with Gasteiger partial charge in [-0.3, -0.25) is 19.2 Å². The molecule has 1 aliphatic rings. The number of carbonyl (C=O) groups is 6. The summed E-state index contributed by atoms with van der Waals surface area (Å²) in [5, 5.41) is 21.8. The molecule has 3 rings (SSSR count). The highest BCUT2D eigenvalue weighted by Crippen LogP contribution is 2.32. The second-order valence-electron chi connectivity index (χ2n) is 12.1. The Hall–Kier alpha value is -5.20. The second kappa shape index (κ2) is 17.1. The van der Waals surface area contributed by atoms with E-state index in [0.717, 1.165) is 11.6 Å². The van der Waals surface area contributed by atoms with E-state index >= 15 is 0 Å². The van der Waals surface area contributed by atoms with E-state index in [0.29, 0.717) is 36.3 Å². The van der Waals surface area contributed by atoms with Crippen molar-refractivity contribution in [3.05, 3.63) is 66.2 Å². The number of phenolic OH excluding ortho intramolecular Hbond substituents is 1. The van der Waals surface area contributed by atoms with Crippen molar-refractivity contribution in [1.82, 2.24) is 4.90 Å². The molecule has 0 radical (unpaired) electrons. The van der Waals surface area contributed by atoms with Gasteiger partial charge in [0.05, 0.1) is 18.9 Å². The number of hydrogen-bond donors (Lipinski definition) is 3. The molecule has 13 nitrogen and oxygen atoms in total. The summed E-state index contributed by atoms with van der Waals surface area (Å²) in [5.41, 5.74) is 0.258. The van der Waals surface area contributed by atoms with Crippen molar-refractivity contribution in [3.8, 4) is 11.5 Å². The van der Waals surface area contributed by atoms with Gasteiger partial charge in [0.1, 0.15) is 18.8 Å². The lowest BCUT2D eigenvalue weighted by Crippen LogP contribution is -2.53. The number of likely N-dealkylation sites (tertiary alicyclic amines) is 1. The zero-order valence-corrected chi connectivity index (χ0v) is 27.4. The van der Waals surface area contributed by atoms with Gasteiger partial charge in [-0.1, -0.05) is 24.8 Å². The smallest absolute Gasteiger partial charge is 0.330 e. The molecule has 2 aromatic carbocycles. The monoisotopic (exact) mass is 666 g/mol. The van der Waals surface area contributed by atoms with E-state index in [9.17, 15) is 33.9 Å². The van der Waals surface area contributed by atoms with Crippen molar-refractivity contribution >= 4 is 41.2 Å². The highest BCUT2D eigenvalue weighted by Gasteiger charge is 2.42. The summed E-state index contributed by atoms with van der Waals surface area (Å²) in [5.74, 6) is -4.52. The van der Waals surface area contributed by atoms with Crippen molar-refractivity contribution in [1.29, 1.82) is 0 Å². The molecule has 258 valence electrons. The first-order chi connectivity index (χ1) is 22.7. The Bertz CT molecular complexity index is 1530. The number of amides is 2. The number of piperidine rings is 1. The first-order valence-electron chi connectivity index (χ1n) is 15.6.